The van der Waals surface area contributed by atoms with Crippen LogP contribution in [0.25, 0.3) is 0 Å². The largest absolute Gasteiger partial charge is 0.396 e. The highest BCUT2D eigenvalue weighted by atomic mass is 16.3. The van der Waals surface area contributed by atoms with E-state index in [4.69, 9.17) is 5.73 Å². The molecule has 94 valence electrons. The highest BCUT2D eigenvalue weighted by Crippen LogP contribution is 2.29. The molecule has 2 rings (SSSR count). The molecule has 1 aliphatic carbocycles. The Bertz CT molecular complexity index is 358. The summed E-state index contributed by atoms with van der Waals surface area (Å²) in [6.45, 7) is 1.09. The van der Waals surface area contributed by atoms with Crippen molar-refractivity contribution in [1.29, 1.82) is 0 Å². The van der Waals surface area contributed by atoms with Crippen LogP contribution in [-0.4, -0.2) is 28.2 Å². The topological polar surface area (TPSA) is 84.1 Å². The lowest BCUT2D eigenvalue weighted by Crippen LogP contribution is -2.29. The Labute approximate surface area is 101 Å². The van der Waals surface area contributed by atoms with Crippen LogP contribution in [0.15, 0.2) is 12.4 Å². The van der Waals surface area contributed by atoms with Crippen LogP contribution in [0, 0.1) is 11.8 Å². The lowest BCUT2D eigenvalue weighted by molar-refractivity contribution is 0.141. The van der Waals surface area contributed by atoms with Gasteiger partial charge in [0.15, 0.2) is 11.6 Å². The van der Waals surface area contributed by atoms with Gasteiger partial charge in [-0.25, -0.2) is 9.97 Å². The summed E-state index contributed by atoms with van der Waals surface area (Å²) in [6, 6.07) is 0. The predicted molar refractivity (Wildman–Crippen MR) is 67.5 cm³/mol. The third-order valence-corrected chi connectivity index (χ3v) is 3.56. The van der Waals surface area contributed by atoms with E-state index < -0.39 is 0 Å². The fourth-order valence-corrected chi connectivity index (χ4v) is 2.51. The van der Waals surface area contributed by atoms with Gasteiger partial charge in [0.2, 0.25) is 0 Å². The molecular weight excluding hydrogens is 216 g/mol. The lowest BCUT2D eigenvalue weighted by Gasteiger charge is -2.30. The maximum absolute atomic E-state index is 9.33. The molecule has 1 aromatic rings. The van der Waals surface area contributed by atoms with E-state index in [0.717, 1.165) is 13.0 Å². The summed E-state index contributed by atoms with van der Waals surface area (Å²) in [5, 5.41) is 12.6. The minimum absolute atomic E-state index is 0.280. The maximum Gasteiger partial charge on any atom is 0.168 e. The number of nitrogens with two attached hydrogens (primary N) is 1. The molecule has 1 fully saturated rings. The van der Waals surface area contributed by atoms with Crippen molar-refractivity contribution in [3.63, 3.8) is 0 Å². The fraction of sp³-hybridized carbons (Fsp3) is 0.667. The molecule has 0 aliphatic heterocycles. The first-order chi connectivity index (χ1) is 8.31. The molecule has 17 heavy (non-hydrogen) atoms. The zero-order valence-corrected chi connectivity index (χ0v) is 9.97. The minimum atomic E-state index is 0.280. The van der Waals surface area contributed by atoms with Gasteiger partial charge in [-0.3, -0.25) is 0 Å². The first kappa shape index (κ1) is 12.1. The van der Waals surface area contributed by atoms with E-state index in [0.29, 0.717) is 23.5 Å². The number of aliphatic hydroxyl groups is 1. The van der Waals surface area contributed by atoms with E-state index in [1.165, 1.54) is 19.3 Å². The molecule has 0 spiro atoms. The Kier molecular flexibility index (Phi) is 4.14. The number of aromatic nitrogens is 2. The Hall–Kier alpha value is -1.36. The number of hydrogen-bond acceptors (Lipinski definition) is 5. The second-order valence-corrected chi connectivity index (χ2v) is 4.66. The molecule has 1 aliphatic rings. The molecule has 4 N–H and O–H groups in total. The number of aliphatic hydroxyl groups excluding tert-OH is 1. The van der Waals surface area contributed by atoms with Crippen LogP contribution in [-0.2, 0) is 0 Å². The number of nitrogens with one attached hydrogen (secondary N) is 1. The van der Waals surface area contributed by atoms with Crippen molar-refractivity contribution in [2.24, 2.45) is 11.8 Å². The first-order valence-electron chi connectivity index (χ1n) is 6.22. The van der Waals surface area contributed by atoms with Crippen molar-refractivity contribution in [2.75, 3.05) is 24.2 Å². The van der Waals surface area contributed by atoms with Gasteiger partial charge in [-0.05, 0) is 24.7 Å². The fourth-order valence-electron chi connectivity index (χ4n) is 2.51. The standard InChI is InChI=1S/C12H20N4O/c13-11-12(15-6-5-14-11)16-7-9-3-1-2-4-10(9)8-17/h5-6,9-10,17H,1-4,7-8H2,(H2,13,14)(H,15,16). The van der Waals surface area contributed by atoms with Crippen molar-refractivity contribution < 1.29 is 5.11 Å². The number of anilines is 2. The zero-order chi connectivity index (χ0) is 12.1. The summed E-state index contributed by atoms with van der Waals surface area (Å²) in [5.41, 5.74) is 5.72. The molecule has 0 radical (unpaired) electrons. The monoisotopic (exact) mass is 236 g/mol. The molecule has 2 atom stereocenters. The predicted octanol–water partition coefficient (Wildman–Crippen LogP) is 1.27. The lowest BCUT2D eigenvalue weighted by atomic mass is 9.79. The van der Waals surface area contributed by atoms with Crippen LogP contribution in [0.1, 0.15) is 25.7 Å². The maximum atomic E-state index is 9.33. The summed E-state index contributed by atoms with van der Waals surface area (Å²) in [5.74, 6) is 2.00. The Balaban J connectivity index is 1.90. The SMILES string of the molecule is Nc1nccnc1NCC1CCCCC1CO. The molecule has 0 saturated heterocycles. The highest BCUT2D eigenvalue weighted by molar-refractivity contribution is 5.54. The summed E-state index contributed by atoms with van der Waals surface area (Å²) in [7, 11) is 0. The molecule has 1 aromatic heterocycles. The summed E-state index contributed by atoms with van der Waals surface area (Å²) >= 11 is 0. The first-order valence-corrected chi connectivity index (χ1v) is 6.22. The van der Waals surface area contributed by atoms with Gasteiger partial charge < -0.3 is 16.2 Å². The molecular formula is C12H20N4O. The number of nitrogen functional groups attached to an aromatic ring is 1. The smallest absolute Gasteiger partial charge is 0.168 e. The van der Waals surface area contributed by atoms with E-state index >= 15 is 0 Å². The normalized spacial score (nSPS) is 24.5. The summed E-state index contributed by atoms with van der Waals surface area (Å²) < 4.78 is 0. The van der Waals surface area contributed by atoms with Gasteiger partial charge in [-0.1, -0.05) is 12.8 Å². The number of hydrogen-bond donors (Lipinski definition) is 3. The number of rotatable bonds is 4. The van der Waals surface area contributed by atoms with Crippen LogP contribution in [0.4, 0.5) is 11.6 Å². The third kappa shape index (κ3) is 3.06. The second-order valence-electron chi connectivity index (χ2n) is 4.66. The van der Waals surface area contributed by atoms with Gasteiger partial charge in [0.25, 0.3) is 0 Å². The van der Waals surface area contributed by atoms with Crippen molar-refractivity contribution in [3.05, 3.63) is 12.4 Å². The molecule has 0 bridgehead atoms. The van der Waals surface area contributed by atoms with Crippen molar-refractivity contribution >= 4 is 11.6 Å². The molecule has 5 nitrogen and oxygen atoms in total. The second kappa shape index (κ2) is 5.82. The summed E-state index contributed by atoms with van der Waals surface area (Å²) in [6.07, 6.45) is 7.98. The van der Waals surface area contributed by atoms with Crippen molar-refractivity contribution in [1.82, 2.24) is 9.97 Å². The van der Waals surface area contributed by atoms with E-state index in [2.05, 4.69) is 15.3 Å². The number of nitrogens with zero attached hydrogens (tertiary/aromatic N) is 2. The minimum Gasteiger partial charge on any atom is -0.396 e. The van der Waals surface area contributed by atoms with E-state index in [1.54, 1.807) is 12.4 Å². The Morgan fingerprint density at radius 2 is 1.94 bits per heavy atom. The molecule has 1 heterocycles. The van der Waals surface area contributed by atoms with Gasteiger partial charge in [0.1, 0.15) is 0 Å². The Morgan fingerprint density at radius 3 is 2.65 bits per heavy atom. The molecule has 0 amide bonds. The quantitative estimate of drug-likeness (QED) is 0.733. The Morgan fingerprint density at radius 1 is 1.24 bits per heavy atom. The van der Waals surface area contributed by atoms with Crippen LogP contribution in [0.3, 0.4) is 0 Å². The van der Waals surface area contributed by atoms with E-state index in [-0.39, 0.29) is 6.61 Å². The molecule has 5 heteroatoms. The van der Waals surface area contributed by atoms with Crippen LogP contribution >= 0.6 is 0 Å². The third-order valence-electron chi connectivity index (χ3n) is 3.56. The van der Waals surface area contributed by atoms with Gasteiger partial charge in [-0.15, -0.1) is 0 Å². The van der Waals surface area contributed by atoms with E-state index in [1.807, 2.05) is 0 Å². The van der Waals surface area contributed by atoms with Gasteiger partial charge in [-0.2, -0.15) is 0 Å². The average Bonchev–Trinajstić information content (AvgIpc) is 2.38. The van der Waals surface area contributed by atoms with Crippen molar-refractivity contribution in [3.8, 4) is 0 Å². The van der Waals surface area contributed by atoms with Gasteiger partial charge >= 0.3 is 0 Å². The molecule has 0 aromatic carbocycles. The van der Waals surface area contributed by atoms with E-state index in [9.17, 15) is 5.11 Å². The zero-order valence-electron chi connectivity index (χ0n) is 9.97. The van der Waals surface area contributed by atoms with Crippen LogP contribution < -0.4 is 11.1 Å². The van der Waals surface area contributed by atoms with Crippen LogP contribution in [0.5, 0.6) is 0 Å². The van der Waals surface area contributed by atoms with Crippen molar-refractivity contribution in [2.45, 2.75) is 25.7 Å². The molecule has 1 saturated carbocycles. The van der Waals surface area contributed by atoms with Crippen LogP contribution in [0.2, 0.25) is 0 Å². The van der Waals surface area contributed by atoms with Gasteiger partial charge in [0, 0.05) is 25.5 Å². The summed E-state index contributed by atoms with van der Waals surface area (Å²) in [4.78, 5) is 8.14. The average molecular weight is 236 g/mol. The molecule has 2 unspecified atom stereocenters. The highest BCUT2D eigenvalue weighted by Gasteiger charge is 2.24. The van der Waals surface area contributed by atoms with Gasteiger partial charge in [0.05, 0.1) is 0 Å².